The summed E-state index contributed by atoms with van der Waals surface area (Å²) < 4.78 is 0. The summed E-state index contributed by atoms with van der Waals surface area (Å²) in [6.45, 7) is 6.55. The van der Waals surface area contributed by atoms with E-state index >= 15 is 0 Å². The third kappa shape index (κ3) is 1.50. The van der Waals surface area contributed by atoms with Crippen molar-refractivity contribution >= 4 is 10.8 Å². The average Bonchev–Trinajstić information content (AvgIpc) is 2.15. The Morgan fingerprint density at radius 1 is 1.14 bits per heavy atom. The highest BCUT2D eigenvalue weighted by Crippen LogP contribution is 2.27. The lowest BCUT2D eigenvalue weighted by atomic mass is 9.88. The summed E-state index contributed by atoms with van der Waals surface area (Å²) in [4.78, 5) is 4.42. The van der Waals surface area contributed by atoms with Crippen molar-refractivity contribution in [1.82, 2.24) is 4.98 Å². The van der Waals surface area contributed by atoms with Crippen molar-refractivity contribution in [2.24, 2.45) is 0 Å². The highest BCUT2D eigenvalue weighted by molar-refractivity contribution is 5.84. The molecule has 1 aromatic heterocycles. The molecule has 1 radical (unpaired) electrons. The quantitative estimate of drug-likeness (QED) is 0.612. The Morgan fingerprint density at radius 2 is 1.86 bits per heavy atom. The molecule has 1 heteroatoms. The summed E-state index contributed by atoms with van der Waals surface area (Å²) in [7, 11) is 0. The molecule has 0 bridgehead atoms. The molecule has 0 amide bonds. The van der Waals surface area contributed by atoms with Gasteiger partial charge in [0.15, 0.2) is 0 Å². The van der Waals surface area contributed by atoms with Gasteiger partial charge in [-0.15, -0.1) is 0 Å². The third-order valence-electron chi connectivity index (χ3n) is 2.31. The molecule has 14 heavy (non-hydrogen) atoms. The van der Waals surface area contributed by atoms with Crippen molar-refractivity contribution in [3.05, 3.63) is 42.2 Å². The predicted molar refractivity (Wildman–Crippen MR) is 59.3 cm³/mol. The van der Waals surface area contributed by atoms with Crippen LogP contribution < -0.4 is 0 Å². The van der Waals surface area contributed by atoms with Gasteiger partial charge in [-0.25, -0.2) is 0 Å². The van der Waals surface area contributed by atoms with Gasteiger partial charge in [-0.05, 0) is 5.39 Å². The fourth-order valence-corrected chi connectivity index (χ4v) is 1.65. The van der Waals surface area contributed by atoms with Crippen LogP contribution in [0, 0.1) is 6.07 Å². The van der Waals surface area contributed by atoms with Crippen LogP contribution in [-0.4, -0.2) is 4.98 Å². The molecule has 71 valence electrons. The lowest BCUT2D eigenvalue weighted by Crippen LogP contribution is -2.13. The molecule has 0 aliphatic rings. The predicted octanol–water partition coefficient (Wildman–Crippen LogP) is 3.33. The first-order valence-electron chi connectivity index (χ1n) is 4.85. The second-order valence-corrected chi connectivity index (χ2v) is 4.55. The Bertz CT molecular complexity index is 447. The molecule has 0 N–H and O–H groups in total. The Labute approximate surface area is 84.8 Å². The highest BCUT2D eigenvalue weighted by atomic mass is 14.7. The smallest absolute Gasteiger partial charge is 0.0535 e. The highest BCUT2D eigenvalue weighted by Gasteiger charge is 2.17. The lowest BCUT2D eigenvalue weighted by molar-refractivity contribution is 0.575. The van der Waals surface area contributed by atoms with E-state index in [1.807, 2.05) is 12.1 Å². The molecule has 0 aliphatic heterocycles. The van der Waals surface area contributed by atoms with Gasteiger partial charge in [0.05, 0.1) is 5.69 Å². The van der Waals surface area contributed by atoms with E-state index in [4.69, 9.17) is 0 Å². The topological polar surface area (TPSA) is 12.9 Å². The molecule has 0 saturated heterocycles. The van der Waals surface area contributed by atoms with Crippen molar-refractivity contribution in [2.75, 3.05) is 0 Å². The van der Waals surface area contributed by atoms with E-state index in [0.717, 1.165) is 11.1 Å². The first kappa shape index (κ1) is 9.20. The van der Waals surface area contributed by atoms with Gasteiger partial charge < -0.3 is 0 Å². The maximum absolute atomic E-state index is 4.42. The molecule has 0 unspecified atom stereocenters. The summed E-state index contributed by atoms with van der Waals surface area (Å²) in [6.07, 6.45) is 1.77. The van der Waals surface area contributed by atoms with E-state index in [0.29, 0.717) is 0 Å². The van der Waals surface area contributed by atoms with Crippen molar-refractivity contribution in [3.8, 4) is 0 Å². The zero-order chi connectivity index (χ0) is 10.2. The zero-order valence-electron chi connectivity index (χ0n) is 8.83. The molecule has 1 nitrogen and oxygen atoms in total. The number of hydrogen-bond donors (Lipinski definition) is 0. The number of benzene rings is 1. The van der Waals surface area contributed by atoms with Crippen LogP contribution in [-0.2, 0) is 5.41 Å². The third-order valence-corrected chi connectivity index (χ3v) is 2.31. The molecule has 2 aromatic rings. The molecule has 0 fully saturated rings. The van der Waals surface area contributed by atoms with Gasteiger partial charge in [-0.3, -0.25) is 4.98 Å². The minimum Gasteiger partial charge on any atom is -0.259 e. The normalized spacial score (nSPS) is 11.9. The molecule has 1 aromatic carbocycles. The summed E-state index contributed by atoms with van der Waals surface area (Å²) in [5.41, 5.74) is 1.24. The van der Waals surface area contributed by atoms with Crippen molar-refractivity contribution < 1.29 is 0 Å². The van der Waals surface area contributed by atoms with Crippen LogP contribution in [0.3, 0.4) is 0 Å². The van der Waals surface area contributed by atoms with E-state index < -0.39 is 0 Å². The molecule has 0 atom stereocenters. The maximum Gasteiger partial charge on any atom is 0.0535 e. The van der Waals surface area contributed by atoms with E-state index in [1.54, 1.807) is 6.20 Å². The average molecular weight is 184 g/mol. The van der Waals surface area contributed by atoms with Crippen LogP contribution in [0.2, 0.25) is 0 Å². The molecule has 0 spiro atoms. The Balaban J connectivity index is 2.78. The SMILES string of the molecule is CC(C)(C)c1nc[c]c2ccccc12. The molecular formula is C13H14N. The van der Waals surface area contributed by atoms with E-state index in [9.17, 15) is 0 Å². The van der Waals surface area contributed by atoms with Gasteiger partial charge in [0.25, 0.3) is 0 Å². The van der Waals surface area contributed by atoms with Crippen molar-refractivity contribution in [3.63, 3.8) is 0 Å². The first-order chi connectivity index (χ1) is 6.59. The second kappa shape index (κ2) is 3.09. The van der Waals surface area contributed by atoms with E-state index in [2.05, 4.69) is 44.0 Å². The van der Waals surface area contributed by atoms with Gasteiger partial charge in [-0.1, -0.05) is 45.0 Å². The molecule has 0 aliphatic carbocycles. The molecule has 0 saturated carbocycles. The first-order valence-corrected chi connectivity index (χ1v) is 4.85. The van der Waals surface area contributed by atoms with E-state index in [1.165, 1.54) is 5.39 Å². The Kier molecular flexibility index (Phi) is 2.03. The molecule has 2 rings (SSSR count). The van der Waals surface area contributed by atoms with Crippen LogP contribution in [0.4, 0.5) is 0 Å². The summed E-state index contributed by atoms with van der Waals surface area (Å²) in [6, 6.07) is 11.4. The Morgan fingerprint density at radius 3 is 2.57 bits per heavy atom. The number of rotatable bonds is 0. The Hall–Kier alpha value is -1.37. The zero-order valence-corrected chi connectivity index (χ0v) is 8.83. The van der Waals surface area contributed by atoms with E-state index in [-0.39, 0.29) is 5.41 Å². The van der Waals surface area contributed by atoms with Crippen molar-refractivity contribution in [1.29, 1.82) is 0 Å². The van der Waals surface area contributed by atoms with Gasteiger partial charge in [0, 0.05) is 23.1 Å². The minimum absolute atomic E-state index is 0.0920. The number of nitrogens with zero attached hydrogens (tertiary/aromatic N) is 1. The standard InChI is InChI=1S/C13H14N/c1-13(2,3)12-11-7-5-4-6-10(11)8-9-14-12/h4-7,9H,1-3H3. The van der Waals surface area contributed by atoms with Crippen molar-refractivity contribution in [2.45, 2.75) is 26.2 Å². The summed E-state index contributed by atoms with van der Waals surface area (Å²) in [5, 5.41) is 2.36. The summed E-state index contributed by atoms with van der Waals surface area (Å²) >= 11 is 0. The fraction of sp³-hybridized carbons (Fsp3) is 0.308. The van der Waals surface area contributed by atoms with Crippen LogP contribution in [0.1, 0.15) is 26.5 Å². The van der Waals surface area contributed by atoms with Gasteiger partial charge >= 0.3 is 0 Å². The monoisotopic (exact) mass is 184 g/mol. The number of aromatic nitrogens is 1. The molecular weight excluding hydrogens is 170 g/mol. The van der Waals surface area contributed by atoms with Crippen LogP contribution in [0.5, 0.6) is 0 Å². The maximum atomic E-state index is 4.42. The molecule has 1 heterocycles. The summed E-state index contributed by atoms with van der Waals surface area (Å²) in [5.74, 6) is 0. The van der Waals surface area contributed by atoms with Gasteiger partial charge in [-0.2, -0.15) is 0 Å². The minimum atomic E-state index is 0.0920. The number of fused-ring (bicyclic) bond motifs is 1. The fourth-order valence-electron chi connectivity index (χ4n) is 1.65. The van der Waals surface area contributed by atoms with Gasteiger partial charge in [0.2, 0.25) is 0 Å². The largest absolute Gasteiger partial charge is 0.259 e. The van der Waals surface area contributed by atoms with Crippen LogP contribution in [0.15, 0.2) is 30.5 Å². The number of hydrogen-bond acceptors (Lipinski definition) is 1. The second-order valence-electron chi connectivity index (χ2n) is 4.55. The van der Waals surface area contributed by atoms with Gasteiger partial charge in [0.1, 0.15) is 0 Å². The van der Waals surface area contributed by atoms with Crippen LogP contribution in [0.25, 0.3) is 10.8 Å². The van der Waals surface area contributed by atoms with Crippen LogP contribution >= 0.6 is 0 Å². The lowest BCUT2D eigenvalue weighted by Gasteiger charge is -2.19. The number of pyridine rings is 1.